The van der Waals surface area contributed by atoms with Crippen molar-refractivity contribution in [2.45, 2.75) is 6.54 Å². The van der Waals surface area contributed by atoms with Crippen LogP contribution in [-0.4, -0.2) is 9.55 Å². The Kier molecular flexibility index (Phi) is 3.44. The smallest absolute Gasteiger partial charge is 0.146 e. The maximum absolute atomic E-state index is 13.7. The first-order valence-electron chi connectivity index (χ1n) is 6.24. The van der Waals surface area contributed by atoms with Gasteiger partial charge in [0.15, 0.2) is 0 Å². The van der Waals surface area contributed by atoms with Crippen molar-refractivity contribution in [2.75, 3.05) is 5.32 Å². The largest absolute Gasteiger partial charge is 0.375 e. The SMILES string of the molecule is Cn1c(CNc2cc(Br)ccc2F)nc2ccccc21. The third kappa shape index (κ3) is 2.41. The van der Waals surface area contributed by atoms with Gasteiger partial charge >= 0.3 is 0 Å². The number of aryl methyl sites for hydroxylation is 1. The van der Waals surface area contributed by atoms with E-state index in [1.54, 1.807) is 12.1 Å². The van der Waals surface area contributed by atoms with Gasteiger partial charge in [-0.15, -0.1) is 0 Å². The van der Waals surface area contributed by atoms with Crippen molar-refractivity contribution in [3.05, 3.63) is 58.6 Å². The van der Waals surface area contributed by atoms with Crippen LogP contribution in [0, 0.1) is 5.82 Å². The normalized spacial score (nSPS) is 10.9. The molecule has 20 heavy (non-hydrogen) atoms. The molecule has 0 saturated heterocycles. The molecule has 0 atom stereocenters. The number of imidazole rings is 1. The van der Waals surface area contributed by atoms with Crippen molar-refractivity contribution >= 4 is 32.7 Å². The molecule has 1 aromatic heterocycles. The summed E-state index contributed by atoms with van der Waals surface area (Å²) >= 11 is 3.34. The summed E-state index contributed by atoms with van der Waals surface area (Å²) < 4.78 is 16.5. The monoisotopic (exact) mass is 333 g/mol. The number of hydrogen-bond acceptors (Lipinski definition) is 2. The van der Waals surface area contributed by atoms with Crippen molar-refractivity contribution in [1.29, 1.82) is 0 Å². The summed E-state index contributed by atoms with van der Waals surface area (Å²) in [5.41, 5.74) is 2.48. The molecule has 3 rings (SSSR count). The van der Waals surface area contributed by atoms with Gasteiger partial charge in [-0.2, -0.15) is 0 Å². The van der Waals surface area contributed by atoms with Gasteiger partial charge in [-0.25, -0.2) is 9.37 Å². The van der Waals surface area contributed by atoms with E-state index in [1.165, 1.54) is 6.07 Å². The predicted octanol–water partition coefficient (Wildman–Crippen LogP) is 4.09. The second-order valence-electron chi connectivity index (χ2n) is 4.55. The van der Waals surface area contributed by atoms with Crippen LogP contribution in [0.4, 0.5) is 10.1 Å². The lowest BCUT2D eigenvalue weighted by Gasteiger charge is -2.08. The molecular weight excluding hydrogens is 321 g/mol. The van der Waals surface area contributed by atoms with Gasteiger partial charge in [-0.05, 0) is 30.3 Å². The molecule has 0 amide bonds. The Morgan fingerprint density at radius 2 is 2.05 bits per heavy atom. The maximum Gasteiger partial charge on any atom is 0.146 e. The van der Waals surface area contributed by atoms with Crippen molar-refractivity contribution in [2.24, 2.45) is 7.05 Å². The van der Waals surface area contributed by atoms with E-state index in [0.717, 1.165) is 21.3 Å². The van der Waals surface area contributed by atoms with Crippen molar-refractivity contribution < 1.29 is 4.39 Å². The Morgan fingerprint density at radius 1 is 1.25 bits per heavy atom. The average molecular weight is 334 g/mol. The number of para-hydroxylation sites is 2. The fraction of sp³-hybridized carbons (Fsp3) is 0.133. The molecule has 3 aromatic rings. The van der Waals surface area contributed by atoms with Crippen LogP contribution in [0.25, 0.3) is 11.0 Å². The van der Waals surface area contributed by atoms with Gasteiger partial charge in [0.25, 0.3) is 0 Å². The molecule has 0 saturated carbocycles. The standard InChI is InChI=1S/C15H13BrFN3/c1-20-14-5-3-2-4-12(14)19-15(20)9-18-13-8-10(16)6-7-11(13)17/h2-8,18H,9H2,1H3. The molecule has 3 nitrogen and oxygen atoms in total. The lowest BCUT2D eigenvalue weighted by atomic mass is 10.3. The van der Waals surface area contributed by atoms with Crippen LogP contribution in [0.15, 0.2) is 46.9 Å². The number of aromatic nitrogens is 2. The number of nitrogens with one attached hydrogen (secondary N) is 1. The van der Waals surface area contributed by atoms with Crippen LogP contribution in [-0.2, 0) is 13.6 Å². The minimum absolute atomic E-state index is 0.271. The highest BCUT2D eigenvalue weighted by molar-refractivity contribution is 9.10. The van der Waals surface area contributed by atoms with Crippen LogP contribution in [0.3, 0.4) is 0 Å². The molecule has 0 unspecified atom stereocenters. The lowest BCUT2D eigenvalue weighted by Crippen LogP contribution is -2.07. The van der Waals surface area contributed by atoms with Crippen LogP contribution in [0.5, 0.6) is 0 Å². The third-order valence-electron chi connectivity index (χ3n) is 3.25. The first-order valence-corrected chi connectivity index (χ1v) is 7.04. The minimum Gasteiger partial charge on any atom is -0.375 e. The molecule has 102 valence electrons. The number of halogens is 2. The first kappa shape index (κ1) is 13.1. The topological polar surface area (TPSA) is 29.9 Å². The highest BCUT2D eigenvalue weighted by Crippen LogP contribution is 2.21. The van der Waals surface area contributed by atoms with Crippen LogP contribution >= 0.6 is 15.9 Å². The number of hydrogen-bond donors (Lipinski definition) is 1. The van der Waals surface area contributed by atoms with E-state index in [9.17, 15) is 4.39 Å². The molecule has 5 heteroatoms. The van der Waals surface area contributed by atoms with E-state index in [1.807, 2.05) is 35.9 Å². The second kappa shape index (κ2) is 5.25. The Morgan fingerprint density at radius 3 is 2.85 bits per heavy atom. The number of fused-ring (bicyclic) bond motifs is 1. The van der Waals surface area contributed by atoms with Gasteiger partial charge in [-0.1, -0.05) is 28.1 Å². The fourth-order valence-corrected chi connectivity index (χ4v) is 2.52. The van der Waals surface area contributed by atoms with Gasteiger partial charge in [0.1, 0.15) is 11.6 Å². The molecule has 0 fully saturated rings. The zero-order valence-electron chi connectivity index (χ0n) is 10.9. The van der Waals surface area contributed by atoms with Gasteiger partial charge < -0.3 is 9.88 Å². The molecule has 0 aliphatic rings. The Labute approximate surface area is 124 Å². The van der Waals surface area contributed by atoms with Gasteiger partial charge in [0.2, 0.25) is 0 Å². The van der Waals surface area contributed by atoms with Crippen LogP contribution in [0.2, 0.25) is 0 Å². The molecule has 0 radical (unpaired) electrons. The van der Waals surface area contributed by atoms with E-state index in [4.69, 9.17) is 0 Å². The summed E-state index contributed by atoms with van der Waals surface area (Å²) in [6.07, 6.45) is 0. The van der Waals surface area contributed by atoms with E-state index in [2.05, 4.69) is 26.2 Å². The van der Waals surface area contributed by atoms with E-state index >= 15 is 0 Å². The quantitative estimate of drug-likeness (QED) is 0.782. The second-order valence-corrected chi connectivity index (χ2v) is 5.47. The minimum atomic E-state index is -0.271. The fourth-order valence-electron chi connectivity index (χ4n) is 2.16. The Hall–Kier alpha value is -1.88. The van der Waals surface area contributed by atoms with Gasteiger partial charge in [0.05, 0.1) is 23.3 Å². The molecule has 0 bridgehead atoms. The predicted molar refractivity (Wildman–Crippen MR) is 82.1 cm³/mol. The highest BCUT2D eigenvalue weighted by atomic mass is 79.9. The third-order valence-corrected chi connectivity index (χ3v) is 3.74. The number of benzene rings is 2. The summed E-state index contributed by atoms with van der Waals surface area (Å²) in [5.74, 6) is 0.595. The molecule has 0 spiro atoms. The van der Waals surface area contributed by atoms with Crippen LogP contribution < -0.4 is 5.32 Å². The van der Waals surface area contributed by atoms with Gasteiger partial charge in [0, 0.05) is 11.5 Å². The first-order chi connectivity index (χ1) is 9.65. The van der Waals surface area contributed by atoms with Gasteiger partial charge in [-0.3, -0.25) is 0 Å². The molecule has 2 aromatic carbocycles. The summed E-state index contributed by atoms with van der Waals surface area (Å²) in [7, 11) is 1.96. The number of nitrogens with zero attached hydrogens (tertiary/aromatic N) is 2. The Bertz CT molecular complexity index is 767. The van der Waals surface area contributed by atoms with E-state index < -0.39 is 0 Å². The summed E-state index contributed by atoms with van der Waals surface area (Å²) in [5, 5.41) is 3.08. The summed E-state index contributed by atoms with van der Waals surface area (Å²) in [6, 6.07) is 12.8. The zero-order valence-corrected chi connectivity index (χ0v) is 12.5. The van der Waals surface area contributed by atoms with E-state index in [-0.39, 0.29) is 5.82 Å². The van der Waals surface area contributed by atoms with Crippen molar-refractivity contribution in [3.8, 4) is 0 Å². The Balaban J connectivity index is 1.87. The lowest BCUT2D eigenvalue weighted by molar-refractivity contribution is 0.629. The van der Waals surface area contributed by atoms with E-state index in [0.29, 0.717) is 12.2 Å². The number of rotatable bonds is 3. The molecule has 0 aliphatic carbocycles. The zero-order chi connectivity index (χ0) is 14.1. The molecule has 0 aliphatic heterocycles. The summed E-state index contributed by atoms with van der Waals surface area (Å²) in [4.78, 5) is 4.55. The molecule has 1 heterocycles. The maximum atomic E-state index is 13.7. The van der Waals surface area contributed by atoms with Crippen LogP contribution in [0.1, 0.15) is 5.82 Å². The molecule has 1 N–H and O–H groups in total. The summed E-state index contributed by atoms with van der Waals surface area (Å²) in [6.45, 7) is 0.471. The number of anilines is 1. The molecular formula is C15H13BrFN3. The average Bonchev–Trinajstić information content (AvgIpc) is 2.77. The van der Waals surface area contributed by atoms with Crippen molar-refractivity contribution in [1.82, 2.24) is 9.55 Å². The van der Waals surface area contributed by atoms with Crippen molar-refractivity contribution in [3.63, 3.8) is 0 Å². The highest BCUT2D eigenvalue weighted by Gasteiger charge is 2.08.